The Morgan fingerprint density at radius 2 is 2.31 bits per heavy atom. The lowest BCUT2D eigenvalue weighted by Crippen LogP contribution is -2.22. The van der Waals surface area contributed by atoms with Crippen molar-refractivity contribution in [3.63, 3.8) is 0 Å². The molecule has 0 unspecified atom stereocenters. The smallest absolute Gasteiger partial charge is 0.207 e. The van der Waals surface area contributed by atoms with E-state index < -0.39 is 0 Å². The molecule has 84 valence electrons. The molecule has 3 nitrogen and oxygen atoms in total. The third-order valence-electron chi connectivity index (χ3n) is 3.36. The molecule has 0 atom stereocenters. The van der Waals surface area contributed by atoms with Gasteiger partial charge in [0.05, 0.1) is 11.7 Å². The molecule has 0 bridgehead atoms. The number of nitrogens with zero attached hydrogens (tertiary/aromatic N) is 2. The van der Waals surface area contributed by atoms with Crippen LogP contribution < -0.4 is 5.73 Å². The molecule has 16 heavy (non-hydrogen) atoms. The third-order valence-corrected chi connectivity index (χ3v) is 3.63. The van der Waals surface area contributed by atoms with Crippen LogP contribution in [0.5, 0.6) is 0 Å². The summed E-state index contributed by atoms with van der Waals surface area (Å²) < 4.78 is 1.88. The monoisotopic (exact) mass is 235 g/mol. The molecule has 2 N–H and O–H groups in total. The van der Waals surface area contributed by atoms with E-state index >= 15 is 0 Å². The lowest BCUT2D eigenvalue weighted by Gasteiger charge is -2.08. The molecule has 4 heteroatoms. The summed E-state index contributed by atoms with van der Waals surface area (Å²) in [5.74, 6) is 0. The molecule has 0 spiro atoms. The van der Waals surface area contributed by atoms with Crippen LogP contribution in [0, 0.1) is 0 Å². The van der Waals surface area contributed by atoms with Gasteiger partial charge < -0.3 is 5.73 Å². The van der Waals surface area contributed by atoms with Gasteiger partial charge in [0.15, 0.2) is 0 Å². The highest BCUT2D eigenvalue weighted by atomic mass is 35.5. The van der Waals surface area contributed by atoms with Gasteiger partial charge in [-0.3, -0.25) is 4.40 Å². The fourth-order valence-electron chi connectivity index (χ4n) is 1.97. The SMILES string of the molecule is NC1(CCc2ccn3c(Cl)ncc3c2)CC1. The maximum absolute atomic E-state index is 6.07. The Bertz CT molecular complexity index is 528. The normalized spacial score (nSPS) is 17.9. The van der Waals surface area contributed by atoms with E-state index in [0.29, 0.717) is 5.28 Å². The predicted molar refractivity (Wildman–Crippen MR) is 64.7 cm³/mol. The maximum Gasteiger partial charge on any atom is 0.207 e. The molecular weight excluding hydrogens is 222 g/mol. The summed E-state index contributed by atoms with van der Waals surface area (Å²) in [5, 5.41) is 0.513. The van der Waals surface area contributed by atoms with Crippen molar-refractivity contribution in [3.8, 4) is 0 Å². The number of rotatable bonds is 3. The highest BCUT2D eigenvalue weighted by Crippen LogP contribution is 2.36. The second-order valence-electron chi connectivity index (χ2n) is 4.72. The van der Waals surface area contributed by atoms with Crippen molar-refractivity contribution in [2.45, 2.75) is 31.2 Å². The molecular formula is C12H14ClN3. The summed E-state index contributed by atoms with van der Waals surface area (Å²) in [4.78, 5) is 4.06. The summed E-state index contributed by atoms with van der Waals surface area (Å²) in [5.41, 5.74) is 8.55. The molecule has 1 aliphatic rings. The maximum atomic E-state index is 6.07. The Labute approximate surface area is 99.2 Å². The van der Waals surface area contributed by atoms with Gasteiger partial charge in [-0.2, -0.15) is 0 Å². The number of fused-ring (bicyclic) bond motifs is 1. The van der Waals surface area contributed by atoms with Gasteiger partial charge in [-0.05, 0) is 55.0 Å². The third kappa shape index (κ3) is 1.81. The second-order valence-corrected chi connectivity index (χ2v) is 5.06. The van der Waals surface area contributed by atoms with E-state index in [0.717, 1.165) is 18.4 Å². The van der Waals surface area contributed by atoms with Crippen LogP contribution in [-0.2, 0) is 6.42 Å². The first-order valence-corrected chi connectivity index (χ1v) is 5.95. The second kappa shape index (κ2) is 3.47. The minimum Gasteiger partial charge on any atom is -0.325 e. The van der Waals surface area contributed by atoms with E-state index in [4.69, 9.17) is 17.3 Å². The first kappa shape index (κ1) is 10.1. The Balaban J connectivity index is 1.82. The van der Waals surface area contributed by atoms with Crippen LogP contribution in [0.15, 0.2) is 24.5 Å². The first-order valence-electron chi connectivity index (χ1n) is 5.57. The lowest BCUT2D eigenvalue weighted by molar-refractivity contribution is 0.609. The summed E-state index contributed by atoms with van der Waals surface area (Å²) in [6, 6.07) is 4.22. The summed E-state index contributed by atoms with van der Waals surface area (Å²) in [6.45, 7) is 0. The molecule has 1 fully saturated rings. The molecule has 0 amide bonds. The standard InChI is InChI=1S/C12H14ClN3/c13-11-15-8-10-7-9(2-6-16(10)11)1-3-12(14)4-5-12/h2,6-8H,1,3-5,14H2. The van der Waals surface area contributed by atoms with Gasteiger partial charge in [-0.15, -0.1) is 0 Å². The number of hydrogen-bond donors (Lipinski definition) is 1. The van der Waals surface area contributed by atoms with Crippen LogP contribution in [0.2, 0.25) is 5.28 Å². The van der Waals surface area contributed by atoms with E-state index in [9.17, 15) is 0 Å². The van der Waals surface area contributed by atoms with Crippen molar-refractivity contribution in [2.75, 3.05) is 0 Å². The van der Waals surface area contributed by atoms with Gasteiger partial charge in [-0.1, -0.05) is 0 Å². The molecule has 3 rings (SSSR count). The zero-order valence-corrected chi connectivity index (χ0v) is 9.74. The van der Waals surface area contributed by atoms with Crippen LogP contribution in [0.3, 0.4) is 0 Å². The minimum absolute atomic E-state index is 0.129. The van der Waals surface area contributed by atoms with Crippen molar-refractivity contribution >= 4 is 17.1 Å². The van der Waals surface area contributed by atoms with E-state index in [1.807, 2.05) is 10.6 Å². The molecule has 2 aromatic heterocycles. The average Bonchev–Trinajstić information content (AvgIpc) is 2.91. The van der Waals surface area contributed by atoms with Crippen molar-refractivity contribution in [1.29, 1.82) is 0 Å². The number of aromatic nitrogens is 2. The van der Waals surface area contributed by atoms with Gasteiger partial charge in [0.2, 0.25) is 5.28 Å². The van der Waals surface area contributed by atoms with E-state index in [1.54, 1.807) is 6.20 Å². The van der Waals surface area contributed by atoms with Crippen LogP contribution in [0.1, 0.15) is 24.8 Å². The van der Waals surface area contributed by atoms with Crippen molar-refractivity contribution in [3.05, 3.63) is 35.4 Å². The summed E-state index contributed by atoms with van der Waals surface area (Å²) >= 11 is 5.92. The number of halogens is 1. The number of pyridine rings is 1. The van der Waals surface area contributed by atoms with Crippen molar-refractivity contribution < 1.29 is 0 Å². The predicted octanol–water partition coefficient (Wildman–Crippen LogP) is 2.41. The van der Waals surface area contributed by atoms with Crippen LogP contribution >= 0.6 is 11.6 Å². The Hall–Kier alpha value is -1.06. The number of nitrogens with two attached hydrogens (primary N) is 1. The highest BCUT2D eigenvalue weighted by molar-refractivity contribution is 6.28. The van der Waals surface area contributed by atoms with Crippen LogP contribution in [0.25, 0.3) is 5.52 Å². The van der Waals surface area contributed by atoms with Gasteiger partial charge in [0, 0.05) is 11.7 Å². The number of hydrogen-bond acceptors (Lipinski definition) is 2. The molecule has 0 aliphatic heterocycles. The molecule has 0 saturated heterocycles. The van der Waals surface area contributed by atoms with Gasteiger partial charge in [0.25, 0.3) is 0 Å². The largest absolute Gasteiger partial charge is 0.325 e. The fourth-order valence-corrected chi connectivity index (χ4v) is 2.18. The average molecular weight is 236 g/mol. The quantitative estimate of drug-likeness (QED) is 0.888. The molecule has 1 aliphatic carbocycles. The zero-order valence-electron chi connectivity index (χ0n) is 8.99. The van der Waals surface area contributed by atoms with E-state index in [1.165, 1.54) is 18.4 Å². The van der Waals surface area contributed by atoms with Gasteiger partial charge in [0.1, 0.15) is 0 Å². The topological polar surface area (TPSA) is 43.3 Å². The van der Waals surface area contributed by atoms with Crippen LogP contribution in [0.4, 0.5) is 0 Å². The number of imidazole rings is 1. The minimum atomic E-state index is 0.129. The highest BCUT2D eigenvalue weighted by Gasteiger charge is 2.37. The van der Waals surface area contributed by atoms with Gasteiger partial charge >= 0.3 is 0 Å². The van der Waals surface area contributed by atoms with Crippen molar-refractivity contribution in [2.24, 2.45) is 5.73 Å². The lowest BCUT2D eigenvalue weighted by atomic mass is 10.1. The van der Waals surface area contributed by atoms with E-state index in [2.05, 4.69) is 17.1 Å². The zero-order chi connectivity index (χ0) is 11.2. The Morgan fingerprint density at radius 1 is 1.50 bits per heavy atom. The van der Waals surface area contributed by atoms with Crippen molar-refractivity contribution in [1.82, 2.24) is 9.38 Å². The van der Waals surface area contributed by atoms with Crippen LogP contribution in [-0.4, -0.2) is 14.9 Å². The molecule has 0 radical (unpaired) electrons. The Kier molecular flexibility index (Phi) is 2.19. The van der Waals surface area contributed by atoms with E-state index in [-0.39, 0.29) is 5.54 Å². The summed E-state index contributed by atoms with van der Waals surface area (Å²) in [6.07, 6.45) is 8.22. The molecule has 2 aromatic rings. The molecule has 0 aromatic carbocycles. The first-order chi connectivity index (χ1) is 7.66. The fraction of sp³-hybridized carbons (Fsp3) is 0.417. The number of aryl methyl sites for hydroxylation is 1. The molecule has 1 saturated carbocycles. The molecule has 2 heterocycles. The summed E-state index contributed by atoms with van der Waals surface area (Å²) in [7, 11) is 0. The Morgan fingerprint density at radius 3 is 3.06 bits per heavy atom. The van der Waals surface area contributed by atoms with Gasteiger partial charge in [-0.25, -0.2) is 4.98 Å².